The van der Waals surface area contributed by atoms with Crippen LogP contribution >= 0.6 is 0 Å². The van der Waals surface area contributed by atoms with Gasteiger partial charge in [0.15, 0.2) is 10.9 Å². The molecule has 0 fully saturated rings. The van der Waals surface area contributed by atoms with Gasteiger partial charge in [0.25, 0.3) is 0 Å². The summed E-state index contributed by atoms with van der Waals surface area (Å²) in [4.78, 5) is 0.447. The lowest BCUT2D eigenvalue weighted by atomic mass is 10.4. The van der Waals surface area contributed by atoms with E-state index in [4.69, 9.17) is 0 Å². The zero-order chi connectivity index (χ0) is 6.85. The fraction of sp³-hybridized carbons (Fsp3) is 0.500. The van der Waals surface area contributed by atoms with Crippen LogP contribution in [0, 0.1) is 19.1 Å². The zero-order valence-corrected chi connectivity index (χ0v) is 5.20. The van der Waals surface area contributed by atoms with Gasteiger partial charge in [-0.2, -0.15) is 0 Å². The molecule has 1 aromatic rings. The van der Waals surface area contributed by atoms with Crippen LogP contribution in [0.15, 0.2) is 0 Å². The average molecular weight is 126 g/mol. The molecular weight excluding hydrogens is 120 g/mol. The second-order valence-corrected chi connectivity index (χ2v) is 1.72. The summed E-state index contributed by atoms with van der Waals surface area (Å²) in [5.41, 5.74) is 1.10. The Kier molecular flexibility index (Phi) is 1.26. The molecule has 1 rings (SSSR count). The second-order valence-electron chi connectivity index (χ2n) is 1.72. The van der Waals surface area contributed by atoms with Crippen LogP contribution in [0.5, 0.6) is 0 Å². The Morgan fingerprint density at radius 3 is 2.56 bits per heavy atom. The topological polar surface area (TPSA) is 65.6 Å². The summed E-state index contributed by atoms with van der Waals surface area (Å²) in [5, 5.41) is 20.4. The Bertz CT molecular complexity index is 204. The van der Waals surface area contributed by atoms with Gasteiger partial charge >= 0.3 is 0 Å². The summed E-state index contributed by atoms with van der Waals surface area (Å²) in [5.74, 6) is 0. The van der Waals surface area contributed by atoms with Crippen molar-refractivity contribution in [1.29, 1.82) is 0 Å². The van der Waals surface area contributed by atoms with Crippen molar-refractivity contribution < 1.29 is 4.85 Å². The lowest BCUT2D eigenvalue weighted by Gasteiger charge is -1.98. The molecule has 5 nitrogen and oxygen atoms in total. The van der Waals surface area contributed by atoms with Gasteiger partial charge in [-0.05, 0) is 12.0 Å². The third-order valence-corrected chi connectivity index (χ3v) is 1.13. The first-order valence-corrected chi connectivity index (χ1v) is 2.48. The van der Waals surface area contributed by atoms with E-state index in [0.717, 1.165) is 0 Å². The molecule has 0 aromatic carbocycles. The molecule has 0 radical (unpaired) electrons. The van der Waals surface area contributed by atoms with E-state index in [0.29, 0.717) is 16.2 Å². The van der Waals surface area contributed by atoms with Gasteiger partial charge in [0.1, 0.15) is 5.69 Å². The Morgan fingerprint density at radius 1 is 1.44 bits per heavy atom. The molecule has 0 atom stereocenters. The van der Waals surface area contributed by atoms with Crippen molar-refractivity contribution in [3.8, 4) is 0 Å². The predicted molar refractivity (Wildman–Crippen MR) is 28.3 cm³/mol. The number of aryl methyl sites for hydroxylation is 1. The maximum absolute atomic E-state index is 10.5. The van der Waals surface area contributed by atoms with E-state index in [1.165, 1.54) is 0 Å². The Labute approximate surface area is 51.9 Å². The van der Waals surface area contributed by atoms with Gasteiger partial charge < -0.3 is 5.21 Å². The summed E-state index contributed by atoms with van der Waals surface area (Å²) >= 11 is 0. The van der Waals surface area contributed by atoms with Crippen LogP contribution in [0.1, 0.15) is 11.4 Å². The van der Waals surface area contributed by atoms with E-state index in [2.05, 4.69) is 15.5 Å². The minimum Gasteiger partial charge on any atom is -0.691 e. The predicted octanol–water partition coefficient (Wildman–Crippen LogP) is -0.878. The molecule has 9 heavy (non-hydrogen) atoms. The molecule has 0 amide bonds. The first-order chi connectivity index (χ1) is 4.22. The molecule has 0 saturated heterocycles. The van der Waals surface area contributed by atoms with E-state index in [1.807, 2.05) is 0 Å². The third-order valence-electron chi connectivity index (χ3n) is 1.13. The summed E-state index contributed by atoms with van der Waals surface area (Å²) in [6.45, 7) is 3.35. The van der Waals surface area contributed by atoms with Gasteiger partial charge in [-0.15, -0.1) is 4.85 Å². The molecule has 1 heterocycles. The normalized spacial score (nSPS) is 9.56. The highest BCUT2D eigenvalue weighted by atomic mass is 16.5. The van der Waals surface area contributed by atoms with Crippen molar-refractivity contribution in [2.45, 2.75) is 13.8 Å². The van der Waals surface area contributed by atoms with Gasteiger partial charge in [0.05, 0.1) is 0 Å². The lowest BCUT2D eigenvalue weighted by molar-refractivity contribution is -0.683. The minimum absolute atomic E-state index is 0.447. The Morgan fingerprint density at radius 2 is 2.11 bits per heavy atom. The first-order valence-electron chi connectivity index (χ1n) is 2.48. The SMILES string of the molecule is Cc1nnn[n+]([O-])c1C. The highest BCUT2D eigenvalue weighted by molar-refractivity contribution is 4.95. The van der Waals surface area contributed by atoms with E-state index >= 15 is 0 Å². The van der Waals surface area contributed by atoms with Crippen molar-refractivity contribution in [3.05, 3.63) is 16.6 Å². The lowest BCUT2D eigenvalue weighted by Crippen LogP contribution is -2.37. The van der Waals surface area contributed by atoms with E-state index in [1.54, 1.807) is 13.8 Å². The maximum atomic E-state index is 10.5. The average Bonchev–Trinajstić information content (AvgIpc) is 1.83. The van der Waals surface area contributed by atoms with Crippen molar-refractivity contribution in [2.24, 2.45) is 0 Å². The van der Waals surface area contributed by atoms with Crippen LogP contribution in [-0.2, 0) is 0 Å². The van der Waals surface area contributed by atoms with Crippen LogP contribution in [0.25, 0.3) is 0 Å². The van der Waals surface area contributed by atoms with Gasteiger partial charge in [-0.1, -0.05) is 0 Å². The fourth-order valence-corrected chi connectivity index (χ4v) is 0.401. The number of rotatable bonds is 0. The second kappa shape index (κ2) is 1.93. The fourth-order valence-electron chi connectivity index (χ4n) is 0.401. The number of aromatic nitrogens is 4. The molecule has 0 unspecified atom stereocenters. The summed E-state index contributed by atoms with van der Waals surface area (Å²) in [6, 6.07) is 0. The first kappa shape index (κ1) is 5.87. The molecule has 0 bridgehead atoms. The molecule has 0 saturated carbocycles. The molecule has 5 heteroatoms. The van der Waals surface area contributed by atoms with Crippen LogP contribution in [-0.4, -0.2) is 15.5 Å². The van der Waals surface area contributed by atoms with Gasteiger partial charge in [-0.3, -0.25) is 0 Å². The molecule has 0 N–H and O–H groups in total. The van der Waals surface area contributed by atoms with Crippen molar-refractivity contribution in [2.75, 3.05) is 0 Å². The standard InChI is InChI=1S/C4H6N4O/c1-3-4(2)8(9)7-6-5-3/h1-2H3. The quantitative estimate of drug-likeness (QED) is 0.334. The largest absolute Gasteiger partial charge is 0.691 e. The molecule has 0 aliphatic carbocycles. The molecule has 0 aliphatic heterocycles. The van der Waals surface area contributed by atoms with E-state index in [-0.39, 0.29) is 0 Å². The number of hydrogen-bond donors (Lipinski definition) is 0. The maximum Gasteiger partial charge on any atom is 0.204 e. The van der Waals surface area contributed by atoms with Gasteiger partial charge in [0.2, 0.25) is 5.21 Å². The van der Waals surface area contributed by atoms with Crippen LogP contribution in [0.2, 0.25) is 0 Å². The monoisotopic (exact) mass is 126 g/mol. The van der Waals surface area contributed by atoms with Crippen molar-refractivity contribution in [3.63, 3.8) is 0 Å². The van der Waals surface area contributed by atoms with Crippen molar-refractivity contribution in [1.82, 2.24) is 15.5 Å². The summed E-state index contributed by atoms with van der Waals surface area (Å²) in [7, 11) is 0. The summed E-state index contributed by atoms with van der Waals surface area (Å²) < 4.78 is 0. The molecular formula is C4H6N4O. The molecule has 0 aliphatic rings. The van der Waals surface area contributed by atoms with Gasteiger partial charge in [-0.25, -0.2) is 0 Å². The number of hydrogen-bond acceptors (Lipinski definition) is 4. The Hall–Kier alpha value is -1.26. The number of nitrogens with zero attached hydrogens (tertiary/aromatic N) is 4. The smallest absolute Gasteiger partial charge is 0.204 e. The molecule has 0 spiro atoms. The van der Waals surface area contributed by atoms with E-state index < -0.39 is 0 Å². The molecule has 1 aromatic heterocycles. The molecule has 48 valence electrons. The van der Waals surface area contributed by atoms with Gasteiger partial charge in [0, 0.05) is 6.92 Å². The van der Waals surface area contributed by atoms with E-state index in [9.17, 15) is 5.21 Å². The van der Waals surface area contributed by atoms with Crippen molar-refractivity contribution >= 4 is 0 Å². The minimum atomic E-state index is 0.447. The van der Waals surface area contributed by atoms with Crippen LogP contribution in [0.4, 0.5) is 0 Å². The Balaban J connectivity index is 3.25. The third kappa shape index (κ3) is 0.933. The highest BCUT2D eigenvalue weighted by Crippen LogP contribution is 1.88. The van der Waals surface area contributed by atoms with Crippen LogP contribution < -0.4 is 4.85 Å². The summed E-state index contributed by atoms with van der Waals surface area (Å²) in [6.07, 6.45) is 0. The van der Waals surface area contributed by atoms with Crippen LogP contribution in [0.3, 0.4) is 0 Å². The zero-order valence-electron chi connectivity index (χ0n) is 5.20. The highest BCUT2D eigenvalue weighted by Gasteiger charge is 2.01.